The zero-order chi connectivity index (χ0) is 9.84. The number of amides is 2. The zero-order valence-corrected chi connectivity index (χ0v) is 7.95. The Morgan fingerprint density at radius 3 is 2.38 bits per heavy atom. The van der Waals surface area contributed by atoms with Gasteiger partial charge in [0.25, 0.3) is 0 Å². The van der Waals surface area contributed by atoms with E-state index >= 15 is 0 Å². The molecule has 0 bridgehead atoms. The highest BCUT2D eigenvalue weighted by molar-refractivity contribution is 5.84. The van der Waals surface area contributed by atoms with Crippen LogP contribution in [0.5, 0.6) is 0 Å². The maximum absolute atomic E-state index is 11.6. The fourth-order valence-corrected chi connectivity index (χ4v) is 1.64. The van der Waals surface area contributed by atoms with Gasteiger partial charge in [-0.25, -0.2) is 0 Å². The molecule has 1 rings (SSSR count). The second kappa shape index (κ2) is 4.25. The third-order valence-electron chi connectivity index (χ3n) is 2.35. The first-order chi connectivity index (χ1) is 6.11. The third-order valence-corrected chi connectivity index (χ3v) is 2.35. The Hall–Kier alpha value is -1.06. The standard InChI is InChI=1S/C9H16N2O2/c1-7(6-8(10)12)9(13)11-4-2-3-5-11/h7H,2-6H2,1H3,(H2,10,12). The molecule has 0 aliphatic carbocycles. The maximum Gasteiger partial charge on any atom is 0.225 e. The van der Waals surface area contributed by atoms with Crippen molar-refractivity contribution in [2.24, 2.45) is 11.7 Å². The molecule has 0 saturated carbocycles. The molecule has 4 heteroatoms. The van der Waals surface area contributed by atoms with Crippen LogP contribution in [-0.4, -0.2) is 29.8 Å². The number of rotatable bonds is 3. The van der Waals surface area contributed by atoms with Crippen molar-refractivity contribution in [3.63, 3.8) is 0 Å². The first-order valence-corrected chi connectivity index (χ1v) is 4.68. The van der Waals surface area contributed by atoms with Crippen LogP contribution in [0.25, 0.3) is 0 Å². The quantitative estimate of drug-likeness (QED) is 0.677. The second-order valence-corrected chi connectivity index (χ2v) is 3.60. The van der Waals surface area contributed by atoms with Crippen LogP contribution in [0.3, 0.4) is 0 Å². The largest absolute Gasteiger partial charge is 0.370 e. The first kappa shape index (κ1) is 10.0. The lowest BCUT2D eigenvalue weighted by molar-refractivity contribution is -0.136. The van der Waals surface area contributed by atoms with E-state index in [9.17, 15) is 9.59 Å². The first-order valence-electron chi connectivity index (χ1n) is 4.68. The summed E-state index contributed by atoms with van der Waals surface area (Å²) in [5.74, 6) is -0.591. The van der Waals surface area contributed by atoms with Gasteiger partial charge >= 0.3 is 0 Å². The van der Waals surface area contributed by atoms with Crippen LogP contribution in [0.4, 0.5) is 0 Å². The minimum atomic E-state index is -0.403. The molecule has 1 heterocycles. The van der Waals surface area contributed by atoms with E-state index in [1.54, 1.807) is 6.92 Å². The highest BCUT2D eigenvalue weighted by atomic mass is 16.2. The lowest BCUT2D eigenvalue weighted by Crippen LogP contribution is -2.34. The molecule has 1 fully saturated rings. The van der Waals surface area contributed by atoms with E-state index in [0.29, 0.717) is 0 Å². The Morgan fingerprint density at radius 2 is 1.92 bits per heavy atom. The van der Waals surface area contributed by atoms with Crippen molar-refractivity contribution >= 4 is 11.8 Å². The molecule has 2 N–H and O–H groups in total. The van der Waals surface area contributed by atoms with Crippen LogP contribution in [-0.2, 0) is 9.59 Å². The molecule has 74 valence electrons. The fraction of sp³-hybridized carbons (Fsp3) is 0.778. The monoisotopic (exact) mass is 184 g/mol. The molecule has 0 aromatic rings. The van der Waals surface area contributed by atoms with Gasteiger partial charge < -0.3 is 10.6 Å². The van der Waals surface area contributed by atoms with Gasteiger partial charge in [0, 0.05) is 25.4 Å². The maximum atomic E-state index is 11.6. The summed E-state index contributed by atoms with van der Waals surface area (Å²) < 4.78 is 0. The van der Waals surface area contributed by atoms with Gasteiger partial charge in [-0.05, 0) is 12.8 Å². The molecule has 1 saturated heterocycles. The summed E-state index contributed by atoms with van der Waals surface area (Å²) >= 11 is 0. The van der Waals surface area contributed by atoms with Crippen LogP contribution < -0.4 is 5.73 Å². The summed E-state index contributed by atoms with van der Waals surface area (Å²) in [6.45, 7) is 3.43. The molecule has 0 aromatic carbocycles. The van der Waals surface area contributed by atoms with E-state index in [0.717, 1.165) is 25.9 Å². The number of primary amides is 1. The molecule has 1 unspecified atom stereocenters. The van der Waals surface area contributed by atoms with E-state index in [1.165, 1.54) is 0 Å². The van der Waals surface area contributed by atoms with Crippen molar-refractivity contribution < 1.29 is 9.59 Å². The van der Waals surface area contributed by atoms with Crippen molar-refractivity contribution in [3.8, 4) is 0 Å². The van der Waals surface area contributed by atoms with Crippen molar-refractivity contribution in [2.45, 2.75) is 26.2 Å². The highest BCUT2D eigenvalue weighted by Crippen LogP contribution is 2.13. The van der Waals surface area contributed by atoms with Gasteiger partial charge in [0.15, 0.2) is 0 Å². The van der Waals surface area contributed by atoms with E-state index in [4.69, 9.17) is 5.73 Å². The van der Waals surface area contributed by atoms with Crippen LogP contribution >= 0.6 is 0 Å². The summed E-state index contributed by atoms with van der Waals surface area (Å²) in [4.78, 5) is 24.0. The Morgan fingerprint density at radius 1 is 1.38 bits per heavy atom. The number of nitrogens with two attached hydrogens (primary N) is 1. The molecule has 0 spiro atoms. The van der Waals surface area contributed by atoms with Gasteiger partial charge in [0.05, 0.1) is 0 Å². The Labute approximate surface area is 78.1 Å². The van der Waals surface area contributed by atoms with Gasteiger partial charge in [0.2, 0.25) is 11.8 Å². The van der Waals surface area contributed by atoms with E-state index in [1.807, 2.05) is 4.90 Å². The van der Waals surface area contributed by atoms with Crippen molar-refractivity contribution in [2.75, 3.05) is 13.1 Å². The Bertz CT molecular complexity index is 210. The smallest absolute Gasteiger partial charge is 0.225 e. The van der Waals surface area contributed by atoms with Gasteiger partial charge in [-0.1, -0.05) is 6.92 Å². The van der Waals surface area contributed by atoms with Crippen LogP contribution in [0, 0.1) is 5.92 Å². The Balaban J connectivity index is 2.41. The molecule has 13 heavy (non-hydrogen) atoms. The molecule has 1 aliphatic rings. The van der Waals surface area contributed by atoms with E-state index < -0.39 is 5.91 Å². The van der Waals surface area contributed by atoms with Gasteiger partial charge in [-0.3, -0.25) is 9.59 Å². The third kappa shape index (κ3) is 2.72. The molecule has 0 radical (unpaired) electrons. The van der Waals surface area contributed by atoms with Crippen LogP contribution in [0.15, 0.2) is 0 Å². The molecular formula is C9H16N2O2. The summed E-state index contributed by atoms with van der Waals surface area (Å²) in [7, 11) is 0. The summed E-state index contributed by atoms with van der Waals surface area (Å²) in [5.41, 5.74) is 5.02. The molecule has 0 aromatic heterocycles. The zero-order valence-electron chi connectivity index (χ0n) is 7.95. The van der Waals surface area contributed by atoms with E-state index in [-0.39, 0.29) is 18.2 Å². The number of nitrogens with zero attached hydrogens (tertiary/aromatic N) is 1. The lowest BCUT2D eigenvalue weighted by atomic mass is 10.1. The lowest BCUT2D eigenvalue weighted by Gasteiger charge is -2.19. The molecular weight excluding hydrogens is 168 g/mol. The van der Waals surface area contributed by atoms with Gasteiger partial charge in [0.1, 0.15) is 0 Å². The van der Waals surface area contributed by atoms with Crippen LogP contribution in [0.2, 0.25) is 0 Å². The highest BCUT2D eigenvalue weighted by Gasteiger charge is 2.23. The normalized spacial score (nSPS) is 18.7. The van der Waals surface area contributed by atoms with Crippen molar-refractivity contribution in [1.29, 1.82) is 0 Å². The molecule has 1 aliphatic heterocycles. The van der Waals surface area contributed by atoms with Crippen molar-refractivity contribution in [1.82, 2.24) is 4.90 Å². The minimum Gasteiger partial charge on any atom is -0.370 e. The number of hydrogen-bond donors (Lipinski definition) is 1. The van der Waals surface area contributed by atoms with Crippen LogP contribution in [0.1, 0.15) is 26.2 Å². The molecule has 2 amide bonds. The van der Waals surface area contributed by atoms with Crippen molar-refractivity contribution in [3.05, 3.63) is 0 Å². The SMILES string of the molecule is CC(CC(N)=O)C(=O)N1CCCC1. The number of likely N-dealkylation sites (tertiary alicyclic amines) is 1. The number of hydrogen-bond acceptors (Lipinski definition) is 2. The average molecular weight is 184 g/mol. The van der Waals surface area contributed by atoms with Gasteiger partial charge in [-0.15, -0.1) is 0 Å². The Kier molecular flexibility index (Phi) is 3.28. The second-order valence-electron chi connectivity index (χ2n) is 3.60. The topological polar surface area (TPSA) is 63.4 Å². The molecule has 1 atom stereocenters. The van der Waals surface area contributed by atoms with Gasteiger partial charge in [-0.2, -0.15) is 0 Å². The average Bonchev–Trinajstić information content (AvgIpc) is 2.53. The minimum absolute atomic E-state index is 0.0660. The summed E-state index contributed by atoms with van der Waals surface area (Å²) in [6.07, 6.45) is 2.32. The number of carbonyl (C=O) groups excluding carboxylic acids is 2. The predicted octanol–water partition coefficient (Wildman–Crippen LogP) is 0.120. The predicted molar refractivity (Wildman–Crippen MR) is 48.8 cm³/mol. The fourth-order valence-electron chi connectivity index (χ4n) is 1.64. The number of carbonyl (C=O) groups is 2. The molecule has 4 nitrogen and oxygen atoms in total. The van der Waals surface area contributed by atoms with E-state index in [2.05, 4.69) is 0 Å². The summed E-state index contributed by atoms with van der Waals surface area (Å²) in [6, 6.07) is 0. The summed E-state index contributed by atoms with van der Waals surface area (Å²) in [5, 5.41) is 0.